The molecule has 6 nitrogen and oxygen atoms in total. The molecule has 2 N–H and O–H groups in total. The number of hydrogen-bond acceptors (Lipinski definition) is 6. The van der Waals surface area contributed by atoms with Gasteiger partial charge < -0.3 is 0 Å². The second-order valence-corrected chi connectivity index (χ2v) is 9.48. The van der Waals surface area contributed by atoms with E-state index in [9.17, 15) is 16.8 Å². The summed E-state index contributed by atoms with van der Waals surface area (Å²) >= 11 is 0. The second kappa shape index (κ2) is 15.1. The Morgan fingerprint density at radius 3 is 1.20 bits per heavy atom. The van der Waals surface area contributed by atoms with Gasteiger partial charge in [-0.25, -0.2) is 0 Å². The molecule has 0 saturated heterocycles. The van der Waals surface area contributed by atoms with Crippen molar-refractivity contribution >= 4 is 101 Å². The summed E-state index contributed by atoms with van der Waals surface area (Å²) in [6.07, 6.45) is 2.30. The summed E-state index contributed by atoms with van der Waals surface area (Å²) in [5.74, 6) is 1.18. The van der Waals surface area contributed by atoms with Crippen molar-refractivity contribution in [3.63, 3.8) is 0 Å². The topological polar surface area (TPSA) is 109 Å². The standard InChI is InChI=1S/C8H18O6S4.2Na.2H/c9-17(10,11)7-3-1-5-15-16-6-2-4-8-18(12,13)14;;;;/h1-8H2,(H,9,10,11)(H,12,13,14);;;;. The fourth-order valence-electron chi connectivity index (χ4n) is 1.01. The first kappa shape index (κ1) is 27.4. The molecule has 0 aromatic heterocycles. The van der Waals surface area contributed by atoms with Gasteiger partial charge in [-0.05, 0) is 25.7 Å². The predicted octanol–water partition coefficient (Wildman–Crippen LogP) is 0.407. The van der Waals surface area contributed by atoms with Crippen LogP contribution in [0.5, 0.6) is 0 Å². The summed E-state index contributed by atoms with van der Waals surface area (Å²) in [4.78, 5) is 0. The molecule has 0 aliphatic heterocycles. The van der Waals surface area contributed by atoms with Crippen LogP contribution in [0.1, 0.15) is 25.7 Å². The van der Waals surface area contributed by atoms with Crippen LogP contribution in [-0.4, -0.2) is 108 Å². The van der Waals surface area contributed by atoms with E-state index in [-0.39, 0.29) is 70.6 Å². The van der Waals surface area contributed by atoms with E-state index in [0.717, 1.165) is 11.5 Å². The first-order valence-electron chi connectivity index (χ1n) is 5.35. The molecule has 0 aliphatic carbocycles. The van der Waals surface area contributed by atoms with Gasteiger partial charge in [-0.3, -0.25) is 9.11 Å². The summed E-state index contributed by atoms with van der Waals surface area (Å²) in [5.41, 5.74) is 0. The van der Waals surface area contributed by atoms with Crippen molar-refractivity contribution in [2.24, 2.45) is 0 Å². The molecule has 0 unspecified atom stereocenters. The van der Waals surface area contributed by atoms with E-state index in [4.69, 9.17) is 9.11 Å². The average Bonchev–Trinajstić information content (AvgIpc) is 2.17. The molecule has 114 valence electrons. The zero-order valence-corrected chi connectivity index (χ0v) is 13.1. The van der Waals surface area contributed by atoms with Gasteiger partial charge in [0.25, 0.3) is 20.2 Å². The molecule has 0 aliphatic rings. The van der Waals surface area contributed by atoms with Gasteiger partial charge in [0.2, 0.25) is 0 Å². The third kappa shape index (κ3) is 25.5. The Labute approximate surface area is 173 Å². The van der Waals surface area contributed by atoms with Gasteiger partial charge in [0, 0.05) is 11.5 Å². The van der Waals surface area contributed by atoms with Crippen molar-refractivity contribution in [1.29, 1.82) is 0 Å². The van der Waals surface area contributed by atoms with Crippen LogP contribution in [0.15, 0.2) is 0 Å². The predicted molar refractivity (Wildman–Crippen MR) is 90.5 cm³/mol. The van der Waals surface area contributed by atoms with E-state index in [1.807, 2.05) is 0 Å². The quantitative estimate of drug-likeness (QED) is 0.227. The fourth-order valence-corrected chi connectivity index (χ4v) is 4.44. The molecule has 0 radical (unpaired) electrons. The molecular weight excluding hydrogens is 366 g/mol. The Bertz CT molecular complexity index is 371. The van der Waals surface area contributed by atoms with Crippen LogP contribution in [0.2, 0.25) is 0 Å². The molecule has 0 aromatic rings. The Hall–Kier alpha value is 2.52. The van der Waals surface area contributed by atoms with Crippen molar-refractivity contribution in [2.45, 2.75) is 25.7 Å². The SMILES string of the molecule is O=S(=O)(O)CCCCSSCCCCS(=O)(=O)O.[NaH].[NaH]. The Morgan fingerprint density at radius 1 is 0.650 bits per heavy atom. The molecule has 0 fully saturated rings. The molecule has 20 heavy (non-hydrogen) atoms. The molecule has 0 heterocycles. The zero-order valence-electron chi connectivity index (χ0n) is 9.82. The third-order valence-electron chi connectivity index (χ3n) is 1.84. The van der Waals surface area contributed by atoms with E-state index in [1.54, 1.807) is 21.6 Å². The summed E-state index contributed by atoms with van der Waals surface area (Å²) in [7, 11) is -4.50. The molecule has 0 saturated carbocycles. The van der Waals surface area contributed by atoms with E-state index in [2.05, 4.69) is 0 Å². The monoisotopic (exact) mass is 386 g/mol. The minimum absolute atomic E-state index is 0. The Kier molecular flexibility index (Phi) is 20.6. The van der Waals surface area contributed by atoms with Gasteiger partial charge in [0.15, 0.2) is 0 Å². The Morgan fingerprint density at radius 2 is 0.950 bits per heavy atom. The summed E-state index contributed by atoms with van der Waals surface area (Å²) in [6, 6.07) is 0. The van der Waals surface area contributed by atoms with E-state index in [0.29, 0.717) is 25.7 Å². The summed E-state index contributed by atoms with van der Waals surface area (Å²) in [6.45, 7) is 0. The van der Waals surface area contributed by atoms with Crippen LogP contribution in [0, 0.1) is 0 Å². The molecule has 0 amide bonds. The van der Waals surface area contributed by atoms with E-state index in [1.165, 1.54) is 0 Å². The molecule has 0 spiro atoms. The van der Waals surface area contributed by atoms with Crippen molar-refractivity contribution < 1.29 is 25.9 Å². The van der Waals surface area contributed by atoms with Crippen LogP contribution in [0.25, 0.3) is 0 Å². The normalized spacial score (nSPS) is 11.5. The molecule has 0 bridgehead atoms. The van der Waals surface area contributed by atoms with Crippen LogP contribution < -0.4 is 0 Å². The summed E-state index contributed by atoms with van der Waals surface area (Å²) < 4.78 is 58.5. The van der Waals surface area contributed by atoms with Crippen molar-refractivity contribution in [1.82, 2.24) is 0 Å². The first-order chi connectivity index (χ1) is 8.21. The van der Waals surface area contributed by atoms with Crippen LogP contribution >= 0.6 is 21.6 Å². The van der Waals surface area contributed by atoms with Gasteiger partial charge in [-0.15, -0.1) is 0 Å². The third-order valence-corrected chi connectivity index (χ3v) is 6.03. The Balaban J connectivity index is -0.00000144. The number of rotatable bonds is 11. The summed E-state index contributed by atoms with van der Waals surface area (Å²) in [5, 5.41) is 0. The van der Waals surface area contributed by atoms with Crippen LogP contribution in [0.3, 0.4) is 0 Å². The van der Waals surface area contributed by atoms with Crippen molar-refractivity contribution in [2.75, 3.05) is 23.0 Å². The number of unbranched alkanes of at least 4 members (excludes halogenated alkanes) is 2. The van der Waals surface area contributed by atoms with Gasteiger partial charge in [-0.1, -0.05) is 21.6 Å². The molecule has 12 heteroatoms. The van der Waals surface area contributed by atoms with Crippen LogP contribution in [0.4, 0.5) is 0 Å². The van der Waals surface area contributed by atoms with Crippen LogP contribution in [-0.2, 0) is 20.2 Å². The molecular formula is C8H20Na2O6S4. The van der Waals surface area contributed by atoms with Gasteiger partial charge in [0.05, 0.1) is 11.5 Å². The first-order valence-corrected chi connectivity index (χ1v) is 11.1. The second-order valence-electron chi connectivity index (χ2n) is 3.63. The van der Waals surface area contributed by atoms with Crippen molar-refractivity contribution in [3.05, 3.63) is 0 Å². The van der Waals surface area contributed by atoms with Gasteiger partial charge in [0.1, 0.15) is 0 Å². The van der Waals surface area contributed by atoms with Gasteiger partial charge in [-0.2, -0.15) is 16.8 Å². The van der Waals surface area contributed by atoms with E-state index < -0.39 is 20.2 Å². The maximum absolute atomic E-state index is 10.4. The minimum atomic E-state index is -3.84. The van der Waals surface area contributed by atoms with Gasteiger partial charge >= 0.3 is 59.1 Å². The molecule has 0 aromatic carbocycles. The van der Waals surface area contributed by atoms with E-state index >= 15 is 0 Å². The molecule has 0 rings (SSSR count). The van der Waals surface area contributed by atoms with Crippen molar-refractivity contribution in [3.8, 4) is 0 Å². The fraction of sp³-hybridized carbons (Fsp3) is 1.00. The maximum atomic E-state index is 10.4. The average molecular weight is 386 g/mol. The molecule has 0 atom stereocenters. The zero-order chi connectivity index (χ0) is 14.1. The number of hydrogen-bond donors (Lipinski definition) is 2.